The minimum absolute atomic E-state index is 0.0734. The lowest BCUT2D eigenvalue weighted by atomic mass is 9.98. The summed E-state index contributed by atoms with van der Waals surface area (Å²) < 4.78 is 0. The van der Waals surface area contributed by atoms with Crippen LogP contribution in [0, 0.1) is 0 Å². The molecule has 3 aromatic carbocycles. The van der Waals surface area contributed by atoms with Crippen molar-refractivity contribution in [2.75, 3.05) is 13.1 Å². The van der Waals surface area contributed by atoms with Crippen molar-refractivity contribution in [3.8, 4) is 22.5 Å². The number of H-pyrrole nitrogens is 2. The third kappa shape index (κ3) is 4.66. The number of aromatic amines is 2. The molecule has 3 amide bonds. The van der Waals surface area contributed by atoms with Crippen LogP contribution in [0.2, 0.25) is 0 Å². The van der Waals surface area contributed by atoms with Gasteiger partial charge in [-0.2, -0.15) is 5.21 Å². The van der Waals surface area contributed by atoms with Gasteiger partial charge in [0.15, 0.2) is 0 Å². The molecule has 2 saturated heterocycles. The molecule has 2 aromatic heterocycles. The maximum atomic E-state index is 13.9. The number of carbonyl (C=O) groups excluding carboxylic acids is 2. The Kier molecular flexibility index (Phi) is 6.52. The number of benzene rings is 3. The molecule has 10 nitrogen and oxygen atoms in total. The highest BCUT2D eigenvalue weighted by molar-refractivity contribution is 6.05. The van der Waals surface area contributed by atoms with Crippen molar-refractivity contribution in [2.45, 2.75) is 37.9 Å². The van der Waals surface area contributed by atoms with Crippen LogP contribution in [0.25, 0.3) is 33.4 Å². The Labute approximate surface area is 236 Å². The second kappa shape index (κ2) is 10.6. The van der Waals surface area contributed by atoms with Crippen molar-refractivity contribution in [3.05, 3.63) is 90.1 Å². The second-order valence-electron chi connectivity index (χ2n) is 10.7. The van der Waals surface area contributed by atoms with Gasteiger partial charge in [-0.1, -0.05) is 66.7 Å². The lowest BCUT2D eigenvalue weighted by molar-refractivity contribution is -0.130. The van der Waals surface area contributed by atoms with Crippen molar-refractivity contribution in [1.29, 1.82) is 0 Å². The number of nitrogens with one attached hydrogen (secondary N) is 3. The average molecular weight is 547 g/mol. The highest BCUT2D eigenvalue weighted by atomic mass is 16.2. The van der Waals surface area contributed by atoms with Crippen molar-refractivity contribution < 1.29 is 9.59 Å². The highest BCUT2D eigenvalue weighted by Gasteiger charge is 2.48. The molecule has 1 atom stereocenters. The molecule has 206 valence electrons. The standard InChI is InChI=1S/C31H30N8O2/c40-30-28(17-22-18-33-27-8-4-3-6-25(22)27)38(31(41)39(30)23-13-15-32-16-14-23)19-20-9-11-21(12-10-20)24-5-1-2-7-26(24)29-34-36-37-35-29/h1-12,18,23,28,32-33H,13-17,19H2,(H,34,35,36,37)/t28-/m0/s1. The number of rotatable bonds is 7. The van der Waals surface area contributed by atoms with Crippen LogP contribution >= 0.6 is 0 Å². The Balaban J connectivity index is 1.18. The summed E-state index contributed by atoms with van der Waals surface area (Å²) in [5, 5.41) is 18.9. The van der Waals surface area contributed by atoms with Crippen LogP contribution in [0.4, 0.5) is 4.79 Å². The van der Waals surface area contributed by atoms with Gasteiger partial charge in [0.2, 0.25) is 5.82 Å². The summed E-state index contributed by atoms with van der Waals surface area (Å²) in [6.07, 6.45) is 3.98. The van der Waals surface area contributed by atoms with Crippen molar-refractivity contribution in [3.63, 3.8) is 0 Å². The van der Waals surface area contributed by atoms with Crippen LogP contribution in [0.15, 0.2) is 79.0 Å². The Bertz CT molecular complexity index is 1690. The van der Waals surface area contributed by atoms with E-state index < -0.39 is 6.04 Å². The fourth-order valence-corrected chi connectivity index (χ4v) is 6.14. The molecule has 0 unspecified atom stereocenters. The van der Waals surface area contributed by atoms with Crippen molar-refractivity contribution >= 4 is 22.8 Å². The van der Waals surface area contributed by atoms with E-state index in [0.29, 0.717) is 18.8 Å². The summed E-state index contributed by atoms with van der Waals surface area (Å²) in [7, 11) is 0. The molecule has 0 saturated carbocycles. The number of amides is 3. The van der Waals surface area contributed by atoms with Crippen LogP contribution in [-0.2, 0) is 17.8 Å². The van der Waals surface area contributed by atoms with Gasteiger partial charge >= 0.3 is 6.03 Å². The summed E-state index contributed by atoms with van der Waals surface area (Å²) in [6.45, 7) is 1.97. The molecule has 0 aliphatic carbocycles. The van der Waals surface area contributed by atoms with Crippen LogP contribution in [0.5, 0.6) is 0 Å². The number of imide groups is 1. The number of para-hydroxylation sites is 1. The van der Waals surface area contributed by atoms with Gasteiger partial charge in [-0.15, -0.1) is 10.2 Å². The number of nitrogens with zero attached hydrogens (tertiary/aromatic N) is 5. The van der Waals surface area contributed by atoms with Gasteiger partial charge in [0.1, 0.15) is 6.04 Å². The Morgan fingerprint density at radius 3 is 2.41 bits per heavy atom. The minimum atomic E-state index is -0.560. The van der Waals surface area contributed by atoms with Gasteiger partial charge in [-0.05, 0) is 59.5 Å². The zero-order chi connectivity index (χ0) is 27.8. The Morgan fingerprint density at radius 2 is 1.63 bits per heavy atom. The lowest BCUT2D eigenvalue weighted by Gasteiger charge is -2.29. The van der Waals surface area contributed by atoms with Crippen LogP contribution in [-0.4, -0.2) is 72.5 Å². The number of tetrazole rings is 1. The molecule has 2 fully saturated rings. The predicted molar refractivity (Wildman–Crippen MR) is 155 cm³/mol. The second-order valence-corrected chi connectivity index (χ2v) is 10.7. The molecule has 0 bridgehead atoms. The molecule has 0 radical (unpaired) electrons. The van der Waals surface area contributed by atoms with Crippen LogP contribution < -0.4 is 5.32 Å². The van der Waals surface area contributed by atoms with Crippen LogP contribution in [0.3, 0.4) is 0 Å². The molecule has 7 rings (SSSR count). The van der Waals surface area contributed by atoms with Gasteiger partial charge in [-0.25, -0.2) is 4.79 Å². The summed E-state index contributed by atoms with van der Waals surface area (Å²) in [6, 6.07) is 23.3. The first kappa shape index (κ1) is 25.2. The maximum absolute atomic E-state index is 13.9. The molecule has 2 aliphatic rings. The number of hydrogen-bond acceptors (Lipinski definition) is 6. The number of carbonyl (C=O) groups is 2. The molecule has 4 heterocycles. The van der Waals surface area contributed by atoms with E-state index in [2.05, 4.69) is 37.0 Å². The third-order valence-corrected chi connectivity index (χ3v) is 8.24. The molecule has 3 N–H and O–H groups in total. The zero-order valence-corrected chi connectivity index (χ0v) is 22.5. The van der Waals surface area contributed by atoms with E-state index in [0.717, 1.165) is 64.7 Å². The van der Waals surface area contributed by atoms with E-state index in [4.69, 9.17) is 0 Å². The molecule has 41 heavy (non-hydrogen) atoms. The largest absolute Gasteiger partial charge is 0.361 e. The van der Waals surface area contributed by atoms with Gasteiger partial charge < -0.3 is 15.2 Å². The Morgan fingerprint density at radius 1 is 0.878 bits per heavy atom. The van der Waals surface area contributed by atoms with Gasteiger partial charge in [0, 0.05) is 41.7 Å². The van der Waals surface area contributed by atoms with Crippen molar-refractivity contribution in [1.82, 2.24) is 40.7 Å². The number of urea groups is 1. The summed E-state index contributed by atoms with van der Waals surface area (Å²) >= 11 is 0. The van der Waals surface area contributed by atoms with E-state index in [1.807, 2.05) is 72.9 Å². The van der Waals surface area contributed by atoms with Gasteiger partial charge in [0.25, 0.3) is 5.91 Å². The minimum Gasteiger partial charge on any atom is -0.361 e. The highest BCUT2D eigenvalue weighted by Crippen LogP contribution is 2.32. The maximum Gasteiger partial charge on any atom is 0.328 e. The van der Waals surface area contributed by atoms with Crippen LogP contribution in [0.1, 0.15) is 24.0 Å². The lowest BCUT2D eigenvalue weighted by Crippen LogP contribution is -2.46. The molecular weight excluding hydrogens is 516 g/mol. The fraction of sp³-hybridized carbons (Fsp3) is 0.258. The van der Waals surface area contributed by atoms with Crippen molar-refractivity contribution in [2.24, 2.45) is 0 Å². The molecule has 5 aromatic rings. The first-order valence-corrected chi connectivity index (χ1v) is 14.0. The van der Waals surface area contributed by atoms with Gasteiger partial charge in [-0.3, -0.25) is 9.69 Å². The summed E-state index contributed by atoms with van der Waals surface area (Å²) in [5.41, 5.74) is 5.90. The number of fused-ring (bicyclic) bond motifs is 1. The smallest absolute Gasteiger partial charge is 0.328 e. The molecular formula is C31H30N8O2. The predicted octanol–water partition coefficient (Wildman–Crippen LogP) is 4.14. The van der Waals surface area contributed by atoms with Gasteiger partial charge in [0.05, 0.1) is 0 Å². The van der Waals surface area contributed by atoms with E-state index >= 15 is 0 Å². The number of hydrogen-bond donors (Lipinski definition) is 3. The van der Waals surface area contributed by atoms with E-state index in [9.17, 15) is 9.59 Å². The van der Waals surface area contributed by atoms with E-state index in [-0.39, 0.29) is 18.0 Å². The summed E-state index contributed by atoms with van der Waals surface area (Å²) in [4.78, 5) is 34.4. The normalized spacial score (nSPS) is 18.1. The Hall–Kier alpha value is -4.83. The topological polar surface area (TPSA) is 123 Å². The van der Waals surface area contributed by atoms with E-state index in [1.165, 1.54) is 4.90 Å². The molecule has 2 aliphatic heterocycles. The monoisotopic (exact) mass is 546 g/mol. The average Bonchev–Trinajstić information content (AvgIpc) is 3.75. The quantitative estimate of drug-likeness (QED) is 0.264. The first-order valence-electron chi connectivity index (χ1n) is 14.0. The van der Waals surface area contributed by atoms with E-state index in [1.54, 1.807) is 4.90 Å². The molecule has 0 spiro atoms. The number of aromatic nitrogens is 5. The SMILES string of the molecule is O=C1[C@H](Cc2c[nH]c3ccccc23)N(Cc2ccc(-c3ccccc3-c3nn[nH]n3)cc2)C(=O)N1C1CCNCC1. The first-order chi connectivity index (χ1) is 20.2. The molecule has 10 heteroatoms. The number of piperidine rings is 1. The third-order valence-electron chi connectivity index (χ3n) is 8.24. The fourth-order valence-electron chi connectivity index (χ4n) is 6.14. The summed E-state index contributed by atoms with van der Waals surface area (Å²) in [5.74, 6) is 0.432. The zero-order valence-electron chi connectivity index (χ0n) is 22.5.